The van der Waals surface area contributed by atoms with Crippen LogP contribution in [0.2, 0.25) is 0 Å². The molecule has 0 spiro atoms. The number of carbonyl (C=O) groups is 1. The lowest BCUT2D eigenvalue weighted by molar-refractivity contribution is 0.101. The maximum absolute atomic E-state index is 12.3. The molecule has 1 N–H and O–H groups in total. The average molecular weight is 324 g/mol. The minimum atomic E-state index is -0.366. The Labute approximate surface area is 133 Å². The molecule has 1 atom stereocenters. The summed E-state index contributed by atoms with van der Waals surface area (Å²) in [4.78, 5) is 12.3. The maximum Gasteiger partial charge on any atom is 0.280 e. The van der Waals surface area contributed by atoms with Gasteiger partial charge < -0.3 is 9.26 Å². The van der Waals surface area contributed by atoms with Gasteiger partial charge in [0.05, 0.1) is 12.2 Å². The van der Waals surface area contributed by atoms with Gasteiger partial charge in [-0.1, -0.05) is 36.8 Å². The number of carbonyl (C=O) groups excluding carboxylic acids is 1. The first-order chi connectivity index (χ1) is 10.6. The number of anilines is 1. The van der Waals surface area contributed by atoms with E-state index >= 15 is 0 Å². The molecule has 8 heteroatoms. The summed E-state index contributed by atoms with van der Waals surface area (Å²) in [5.74, 6) is 0.544. The van der Waals surface area contributed by atoms with Crippen molar-refractivity contribution in [2.45, 2.75) is 46.1 Å². The van der Waals surface area contributed by atoms with Gasteiger partial charge in [-0.05, 0) is 13.3 Å². The Morgan fingerprint density at radius 2 is 2.23 bits per heavy atom. The second-order valence-corrected chi connectivity index (χ2v) is 6.10. The minimum absolute atomic E-state index is 0.220. The van der Waals surface area contributed by atoms with E-state index in [4.69, 9.17) is 9.26 Å². The lowest BCUT2D eigenvalue weighted by Crippen LogP contribution is -2.14. The molecule has 0 bridgehead atoms. The third-order valence-corrected chi connectivity index (χ3v) is 4.36. The molecule has 0 radical (unpaired) electrons. The van der Waals surface area contributed by atoms with Gasteiger partial charge in [0.15, 0.2) is 5.69 Å². The standard InChI is InChI=1S/C14H20N4O3S/c1-5-6-8(2)13-16-17-14(22-13)15-12(19)11-10(7-20-4)9(3)21-18-11/h8H,5-7H2,1-4H3,(H,15,17,19). The van der Waals surface area contributed by atoms with Crippen LogP contribution in [0.1, 0.15) is 59.4 Å². The van der Waals surface area contributed by atoms with E-state index in [0.29, 0.717) is 22.4 Å². The third kappa shape index (κ3) is 3.69. The highest BCUT2D eigenvalue weighted by molar-refractivity contribution is 7.15. The van der Waals surface area contributed by atoms with E-state index in [1.54, 1.807) is 14.0 Å². The summed E-state index contributed by atoms with van der Waals surface area (Å²) < 4.78 is 10.1. The quantitative estimate of drug-likeness (QED) is 0.841. The molecule has 0 aliphatic rings. The van der Waals surface area contributed by atoms with E-state index < -0.39 is 0 Å². The SMILES string of the molecule is CCCC(C)c1nnc(NC(=O)c2noc(C)c2COC)s1. The van der Waals surface area contributed by atoms with Crippen LogP contribution in [0.5, 0.6) is 0 Å². The van der Waals surface area contributed by atoms with Crippen molar-refractivity contribution in [2.75, 3.05) is 12.4 Å². The van der Waals surface area contributed by atoms with Gasteiger partial charge in [-0.25, -0.2) is 0 Å². The molecule has 0 fully saturated rings. The molecule has 7 nitrogen and oxygen atoms in total. The molecule has 0 saturated carbocycles. The summed E-state index contributed by atoms with van der Waals surface area (Å²) in [6, 6.07) is 0. The van der Waals surface area contributed by atoms with Crippen LogP contribution in [0.3, 0.4) is 0 Å². The fraction of sp³-hybridized carbons (Fsp3) is 0.571. The lowest BCUT2D eigenvalue weighted by Gasteiger charge is -2.03. The van der Waals surface area contributed by atoms with Gasteiger partial charge in [-0.15, -0.1) is 10.2 Å². The van der Waals surface area contributed by atoms with Crippen LogP contribution in [0.4, 0.5) is 5.13 Å². The summed E-state index contributed by atoms with van der Waals surface area (Å²) in [6.07, 6.45) is 2.13. The van der Waals surface area contributed by atoms with Crippen molar-refractivity contribution in [3.8, 4) is 0 Å². The number of hydrogen-bond acceptors (Lipinski definition) is 7. The largest absolute Gasteiger partial charge is 0.380 e. The van der Waals surface area contributed by atoms with Crippen LogP contribution in [-0.2, 0) is 11.3 Å². The van der Waals surface area contributed by atoms with Crippen LogP contribution in [-0.4, -0.2) is 28.4 Å². The predicted molar refractivity (Wildman–Crippen MR) is 83.1 cm³/mol. The summed E-state index contributed by atoms with van der Waals surface area (Å²) in [7, 11) is 1.56. The monoisotopic (exact) mass is 324 g/mol. The first-order valence-corrected chi connectivity index (χ1v) is 7.97. The molecular weight excluding hydrogens is 304 g/mol. The Bertz CT molecular complexity index is 638. The Morgan fingerprint density at radius 1 is 1.45 bits per heavy atom. The number of nitrogens with zero attached hydrogens (tertiary/aromatic N) is 3. The van der Waals surface area contributed by atoms with Crippen molar-refractivity contribution in [1.82, 2.24) is 15.4 Å². The zero-order chi connectivity index (χ0) is 16.1. The van der Waals surface area contributed by atoms with Gasteiger partial charge in [0, 0.05) is 13.0 Å². The van der Waals surface area contributed by atoms with Crippen LogP contribution >= 0.6 is 11.3 Å². The second-order valence-electron chi connectivity index (χ2n) is 5.09. The number of aromatic nitrogens is 3. The highest BCUT2D eigenvalue weighted by atomic mass is 32.1. The zero-order valence-corrected chi connectivity index (χ0v) is 14.0. The van der Waals surface area contributed by atoms with Gasteiger partial charge in [0.25, 0.3) is 5.91 Å². The molecule has 0 aliphatic carbocycles. The maximum atomic E-state index is 12.3. The van der Waals surface area contributed by atoms with Gasteiger partial charge in [0.2, 0.25) is 5.13 Å². The zero-order valence-electron chi connectivity index (χ0n) is 13.2. The number of ether oxygens (including phenoxy) is 1. The second kappa shape index (κ2) is 7.46. The van der Waals surface area contributed by atoms with Crippen molar-refractivity contribution in [3.63, 3.8) is 0 Å². The van der Waals surface area contributed by atoms with Crippen molar-refractivity contribution >= 4 is 22.4 Å². The predicted octanol–water partition coefficient (Wildman–Crippen LogP) is 3.14. The summed E-state index contributed by atoms with van der Waals surface area (Å²) in [5, 5.41) is 16.0. The Balaban J connectivity index is 2.09. The van der Waals surface area contributed by atoms with Crippen molar-refractivity contribution in [3.05, 3.63) is 22.0 Å². The Kier molecular flexibility index (Phi) is 5.62. The Hall–Kier alpha value is -1.80. The van der Waals surface area contributed by atoms with E-state index in [2.05, 4.69) is 34.5 Å². The van der Waals surface area contributed by atoms with Crippen LogP contribution in [0.25, 0.3) is 0 Å². The molecule has 2 aromatic heterocycles. The number of hydrogen-bond donors (Lipinski definition) is 1. The number of rotatable bonds is 7. The average Bonchev–Trinajstić information content (AvgIpc) is 3.08. The fourth-order valence-corrected chi connectivity index (χ4v) is 2.91. The van der Waals surface area contributed by atoms with Gasteiger partial charge in [-0.2, -0.15) is 0 Å². The highest BCUT2D eigenvalue weighted by Gasteiger charge is 2.21. The lowest BCUT2D eigenvalue weighted by atomic mass is 10.1. The first kappa shape index (κ1) is 16.6. The molecule has 120 valence electrons. The van der Waals surface area contributed by atoms with E-state index in [1.807, 2.05) is 0 Å². The highest BCUT2D eigenvalue weighted by Crippen LogP contribution is 2.26. The third-order valence-electron chi connectivity index (χ3n) is 3.29. The van der Waals surface area contributed by atoms with E-state index in [0.717, 1.165) is 17.8 Å². The van der Waals surface area contributed by atoms with Gasteiger partial charge in [-0.3, -0.25) is 10.1 Å². The molecule has 1 unspecified atom stereocenters. The van der Waals surface area contributed by atoms with Crippen molar-refractivity contribution in [1.29, 1.82) is 0 Å². The van der Waals surface area contributed by atoms with Crippen molar-refractivity contribution in [2.24, 2.45) is 0 Å². The van der Waals surface area contributed by atoms with Gasteiger partial charge in [0.1, 0.15) is 10.8 Å². The van der Waals surface area contributed by atoms with Crippen molar-refractivity contribution < 1.29 is 14.1 Å². The summed E-state index contributed by atoms with van der Waals surface area (Å²) >= 11 is 1.39. The molecule has 2 aromatic rings. The molecular formula is C14H20N4O3S. The minimum Gasteiger partial charge on any atom is -0.380 e. The topological polar surface area (TPSA) is 90.1 Å². The van der Waals surface area contributed by atoms with E-state index in [-0.39, 0.29) is 18.2 Å². The fourth-order valence-electron chi connectivity index (χ4n) is 2.08. The van der Waals surface area contributed by atoms with Crippen LogP contribution < -0.4 is 5.32 Å². The van der Waals surface area contributed by atoms with Crippen LogP contribution in [0, 0.1) is 6.92 Å². The Morgan fingerprint density at radius 3 is 2.91 bits per heavy atom. The molecule has 0 aromatic carbocycles. The van der Waals surface area contributed by atoms with E-state index in [9.17, 15) is 4.79 Å². The number of amides is 1. The summed E-state index contributed by atoms with van der Waals surface area (Å²) in [6.45, 7) is 6.25. The van der Waals surface area contributed by atoms with Crippen LogP contribution in [0.15, 0.2) is 4.52 Å². The van der Waals surface area contributed by atoms with Gasteiger partial charge >= 0.3 is 0 Å². The van der Waals surface area contributed by atoms with E-state index in [1.165, 1.54) is 11.3 Å². The summed E-state index contributed by atoms with van der Waals surface area (Å²) in [5.41, 5.74) is 0.863. The molecule has 2 rings (SSSR count). The number of nitrogens with one attached hydrogen (secondary N) is 1. The molecule has 22 heavy (non-hydrogen) atoms. The number of aryl methyl sites for hydroxylation is 1. The molecule has 0 saturated heterocycles. The number of methoxy groups -OCH3 is 1. The molecule has 0 aliphatic heterocycles. The normalized spacial score (nSPS) is 12.4. The molecule has 2 heterocycles. The first-order valence-electron chi connectivity index (χ1n) is 7.15. The molecule has 1 amide bonds. The smallest absolute Gasteiger partial charge is 0.280 e.